The number of rotatable bonds is 4. The van der Waals surface area contributed by atoms with Crippen molar-refractivity contribution in [3.05, 3.63) is 45.2 Å². The van der Waals surface area contributed by atoms with E-state index in [1.54, 1.807) is 11.3 Å². The number of nitrogens with zero attached hydrogens (tertiary/aromatic N) is 4. The van der Waals surface area contributed by atoms with E-state index in [4.69, 9.17) is 4.99 Å². The second kappa shape index (κ2) is 10.3. The molecule has 0 aliphatic carbocycles. The van der Waals surface area contributed by atoms with Gasteiger partial charge >= 0.3 is 0 Å². The maximum Gasteiger partial charge on any atom is 0.194 e. The number of piperazine rings is 1. The number of thiophene rings is 1. The number of nitrogens with one attached hydrogen (secondary N) is 1. The van der Waals surface area contributed by atoms with Crippen LogP contribution in [0.15, 0.2) is 45.3 Å². The van der Waals surface area contributed by atoms with Gasteiger partial charge in [0.2, 0.25) is 0 Å². The van der Waals surface area contributed by atoms with Crippen LogP contribution in [-0.4, -0.2) is 48.6 Å². The molecule has 0 radical (unpaired) electrons. The lowest BCUT2D eigenvalue weighted by atomic mass is 10.3. The molecule has 8 heteroatoms. The van der Waals surface area contributed by atoms with Crippen LogP contribution in [0.1, 0.15) is 11.8 Å². The van der Waals surface area contributed by atoms with Crippen LogP contribution in [0.4, 0.5) is 5.82 Å². The highest BCUT2D eigenvalue weighted by atomic mass is 127. The van der Waals surface area contributed by atoms with E-state index in [1.165, 1.54) is 4.88 Å². The Kier molecular flexibility index (Phi) is 8.44. The van der Waals surface area contributed by atoms with Crippen molar-refractivity contribution in [1.82, 2.24) is 15.2 Å². The highest BCUT2D eigenvalue weighted by Crippen LogP contribution is 2.20. The van der Waals surface area contributed by atoms with Crippen molar-refractivity contribution in [2.24, 2.45) is 4.99 Å². The first-order chi connectivity index (χ1) is 11.8. The molecule has 0 saturated carbocycles. The van der Waals surface area contributed by atoms with E-state index < -0.39 is 0 Å². The summed E-state index contributed by atoms with van der Waals surface area (Å²) in [6.07, 6.45) is 1.85. The molecule has 0 spiro atoms. The zero-order valence-electron chi connectivity index (χ0n) is 14.2. The summed E-state index contributed by atoms with van der Waals surface area (Å²) >= 11 is 5.24. The molecule has 1 aliphatic rings. The first-order valence-corrected chi connectivity index (χ1v) is 9.85. The molecule has 1 saturated heterocycles. The molecule has 3 heterocycles. The fourth-order valence-electron chi connectivity index (χ4n) is 2.70. The molecule has 0 bridgehead atoms. The molecule has 0 unspecified atom stereocenters. The zero-order chi connectivity index (χ0) is 16.8. The van der Waals surface area contributed by atoms with Gasteiger partial charge in [-0.1, -0.05) is 6.07 Å². The number of guanidine groups is 1. The van der Waals surface area contributed by atoms with Crippen LogP contribution in [0.2, 0.25) is 0 Å². The van der Waals surface area contributed by atoms with Gasteiger partial charge in [-0.2, -0.15) is 0 Å². The number of halogens is 2. The topological polar surface area (TPSA) is 43.8 Å². The highest BCUT2D eigenvalue weighted by Gasteiger charge is 2.20. The Labute approximate surface area is 178 Å². The number of anilines is 1. The largest absolute Gasteiger partial charge is 0.357 e. The van der Waals surface area contributed by atoms with E-state index in [1.807, 2.05) is 18.3 Å². The van der Waals surface area contributed by atoms with Crippen LogP contribution in [0.3, 0.4) is 0 Å². The highest BCUT2D eigenvalue weighted by molar-refractivity contribution is 14.0. The zero-order valence-corrected chi connectivity index (χ0v) is 18.9. The van der Waals surface area contributed by atoms with Gasteiger partial charge in [-0.3, -0.25) is 0 Å². The smallest absolute Gasteiger partial charge is 0.194 e. The number of pyridine rings is 1. The molecule has 25 heavy (non-hydrogen) atoms. The van der Waals surface area contributed by atoms with Crippen molar-refractivity contribution in [2.75, 3.05) is 37.6 Å². The van der Waals surface area contributed by atoms with Crippen LogP contribution in [0.25, 0.3) is 0 Å². The van der Waals surface area contributed by atoms with E-state index in [0.717, 1.165) is 55.5 Å². The molecule has 1 fully saturated rings. The average molecular weight is 536 g/mol. The van der Waals surface area contributed by atoms with Gasteiger partial charge in [0.1, 0.15) is 5.82 Å². The second-order valence-electron chi connectivity index (χ2n) is 5.56. The van der Waals surface area contributed by atoms with E-state index in [9.17, 15) is 0 Å². The lowest BCUT2D eigenvalue weighted by Gasteiger charge is -2.37. The third kappa shape index (κ3) is 5.82. The van der Waals surface area contributed by atoms with Gasteiger partial charge in [0.25, 0.3) is 0 Å². The fraction of sp³-hybridized carbons (Fsp3) is 0.412. The van der Waals surface area contributed by atoms with Gasteiger partial charge in [-0.15, -0.1) is 35.3 Å². The van der Waals surface area contributed by atoms with Crippen molar-refractivity contribution in [2.45, 2.75) is 13.5 Å². The predicted molar refractivity (Wildman–Crippen MR) is 120 cm³/mol. The van der Waals surface area contributed by atoms with Gasteiger partial charge < -0.3 is 15.1 Å². The summed E-state index contributed by atoms with van der Waals surface area (Å²) in [5.74, 6) is 2.06. The third-order valence-electron chi connectivity index (χ3n) is 3.89. The molecule has 0 amide bonds. The predicted octanol–water partition coefficient (Wildman–Crippen LogP) is 3.81. The maximum absolute atomic E-state index is 4.81. The van der Waals surface area contributed by atoms with Crippen molar-refractivity contribution in [1.29, 1.82) is 0 Å². The van der Waals surface area contributed by atoms with Crippen molar-refractivity contribution in [3.8, 4) is 0 Å². The minimum atomic E-state index is 0. The monoisotopic (exact) mass is 535 g/mol. The molecule has 0 aromatic carbocycles. The minimum Gasteiger partial charge on any atom is -0.357 e. The first-order valence-electron chi connectivity index (χ1n) is 8.18. The van der Waals surface area contributed by atoms with Crippen LogP contribution < -0.4 is 10.2 Å². The Hall–Kier alpha value is -0.870. The molecule has 1 aliphatic heterocycles. The summed E-state index contributed by atoms with van der Waals surface area (Å²) in [6, 6.07) is 8.21. The number of hydrogen-bond donors (Lipinski definition) is 1. The first kappa shape index (κ1) is 20.4. The normalized spacial score (nSPS) is 15.0. The summed E-state index contributed by atoms with van der Waals surface area (Å²) in [6.45, 7) is 7.55. The Morgan fingerprint density at radius 2 is 2.12 bits per heavy atom. The van der Waals surface area contributed by atoms with E-state index in [2.05, 4.69) is 60.5 Å². The fourth-order valence-corrected chi connectivity index (χ4v) is 4.08. The maximum atomic E-state index is 4.81. The Bertz CT molecular complexity index is 671. The quantitative estimate of drug-likeness (QED) is 0.367. The third-order valence-corrected chi connectivity index (χ3v) is 5.58. The van der Waals surface area contributed by atoms with E-state index in [0.29, 0.717) is 0 Å². The van der Waals surface area contributed by atoms with Gasteiger partial charge in [0.05, 0.1) is 6.54 Å². The second-order valence-corrected chi connectivity index (χ2v) is 7.47. The van der Waals surface area contributed by atoms with Crippen LogP contribution in [-0.2, 0) is 6.54 Å². The lowest BCUT2D eigenvalue weighted by molar-refractivity contribution is 0.371. The molecule has 2 aromatic heterocycles. The molecule has 2 aromatic rings. The Morgan fingerprint density at radius 1 is 1.32 bits per heavy atom. The molecule has 5 nitrogen and oxygen atoms in total. The lowest BCUT2D eigenvalue weighted by Crippen LogP contribution is -2.52. The van der Waals surface area contributed by atoms with Crippen LogP contribution in [0, 0.1) is 0 Å². The summed E-state index contributed by atoms with van der Waals surface area (Å²) in [7, 11) is 0. The van der Waals surface area contributed by atoms with Gasteiger partial charge in [-0.25, -0.2) is 9.98 Å². The van der Waals surface area contributed by atoms with Gasteiger partial charge in [-0.05, 0) is 41.1 Å². The van der Waals surface area contributed by atoms with Gasteiger partial charge in [0.15, 0.2) is 5.96 Å². The summed E-state index contributed by atoms with van der Waals surface area (Å²) in [4.78, 5) is 15.2. The van der Waals surface area contributed by atoms with Crippen molar-refractivity contribution in [3.63, 3.8) is 0 Å². The van der Waals surface area contributed by atoms with E-state index >= 15 is 0 Å². The molecular weight excluding hydrogens is 513 g/mol. The summed E-state index contributed by atoms with van der Waals surface area (Å²) in [5, 5.41) is 5.52. The Morgan fingerprint density at radius 3 is 2.72 bits per heavy atom. The van der Waals surface area contributed by atoms with Gasteiger partial charge in [0, 0.05) is 53.7 Å². The van der Waals surface area contributed by atoms with Crippen LogP contribution >= 0.6 is 51.2 Å². The molecule has 0 atom stereocenters. The average Bonchev–Trinajstić information content (AvgIpc) is 3.05. The summed E-state index contributed by atoms with van der Waals surface area (Å²) < 4.78 is 1.13. The van der Waals surface area contributed by atoms with E-state index in [-0.39, 0.29) is 24.0 Å². The summed E-state index contributed by atoms with van der Waals surface area (Å²) in [5.41, 5.74) is 0. The SMILES string of the molecule is CCNC(=NCc1cc(Br)cs1)N1CCN(c2ccccn2)CC1.I. The molecular formula is C17H23BrIN5S. The molecule has 1 N–H and O–H groups in total. The molecule has 3 rings (SSSR count). The number of aliphatic imine (C=N–C) groups is 1. The minimum absolute atomic E-state index is 0. The number of hydrogen-bond acceptors (Lipinski definition) is 4. The van der Waals surface area contributed by atoms with Crippen molar-refractivity contribution >= 4 is 63.0 Å². The Balaban J connectivity index is 0.00000225. The number of aromatic nitrogens is 1. The van der Waals surface area contributed by atoms with Crippen molar-refractivity contribution < 1.29 is 0 Å². The van der Waals surface area contributed by atoms with Crippen LogP contribution in [0.5, 0.6) is 0 Å². The standard InChI is InChI=1S/C17H22BrN5S.HI/c1-2-19-17(21-12-15-11-14(18)13-24-15)23-9-7-22(8-10-23)16-5-3-4-6-20-16;/h3-6,11,13H,2,7-10,12H2,1H3,(H,19,21);1H. The molecule has 136 valence electrons.